The minimum atomic E-state index is -3.73. The molecule has 1 aliphatic heterocycles. The van der Waals surface area contributed by atoms with E-state index in [4.69, 9.17) is 5.11 Å². The number of aliphatic hydroxyl groups is 1. The highest BCUT2D eigenvalue weighted by atomic mass is 79.9. The van der Waals surface area contributed by atoms with Gasteiger partial charge in [-0.25, -0.2) is 13.2 Å². The number of rotatable bonds is 4. The van der Waals surface area contributed by atoms with E-state index >= 15 is 0 Å². The van der Waals surface area contributed by atoms with Crippen LogP contribution < -0.4 is 0 Å². The molecule has 1 fully saturated rings. The van der Waals surface area contributed by atoms with Crippen LogP contribution in [0.2, 0.25) is 0 Å². The van der Waals surface area contributed by atoms with E-state index in [0.717, 1.165) is 11.3 Å². The van der Waals surface area contributed by atoms with Gasteiger partial charge in [0.15, 0.2) is 0 Å². The molecule has 2 unspecified atom stereocenters. The number of carbonyl (C=O) groups is 1. The lowest BCUT2D eigenvalue weighted by Crippen LogP contribution is -2.30. The van der Waals surface area contributed by atoms with Crippen molar-refractivity contribution in [2.45, 2.75) is 24.3 Å². The summed E-state index contributed by atoms with van der Waals surface area (Å²) in [5, 5.41) is 18.4. The van der Waals surface area contributed by atoms with Gasteiger partial charge in [-0.15, -0.1) is 11.3 Å². The molecule has 112 valence electrons. The Kier molecular flexibility index (Phi) is 4.55. The quantitative estimate of drug-likeness (QED) is 0.822. The molecule has 0 bridgehead atoms. The summed E-state index contributed by atoms with van der Waals surface area (Å²) in [4.78, 5) is 10.9. The van der Waals surface area contributed by atoms with Gasteiger partial charge in [-0.1, -0.05) is 0 Å². The maximum Gasteiger partial charge on any atom is 0.345 e. The van der Waals surface area contributed by atoms with Crippen LogP contribution in [0.15, 0.2) is 14.7 Å². The molecule has 0 radical (unpaired) electrons. The predicted octanol–water partition coefficient (Wildman–Crippen LogP) is 1.60. The van der Waals surface area contributed by atoms with Crippen molar-refractivity contribution in [2.24, 2.45) is 5.92 Å². The molecule has 1 saturated heterocycles. The van der Waals surface area contributed by atoms with E-state index in [1.807, 2.05) is 0 Å². The van der Waals surface area contributed by atoms with E-state index in [9.17, 15) is 18.3 Å². The lowest BCUT2D eigenvalue weighted by atomic mass is 10.0. The fourth-order valence-electron chi connectivity index (χ4n) is 2.14. The predicted molar refractivity (Wildman–Crippen MR) is 77.5 cm³/mol. The number of sulfonamides is 1. The maximum atomic E-state index is 12.5. The van der Waals surface area contributed by atoms with Crippen molar-refractivity contribution < 1.29 is 23.4 Å². The van der Waals surface area contributed by atoms with Crippen molar-refractivity contribution in [3.63, 3.8) is 0 Å². The van der Waals surface area contributed by atoms with E-state index < -0.39 is 22.1 Å². The average Bonchev–Trinajstić information content (AvgIpc) is 2.94. The van der Waals surface area contributed by atoms with Crippen LogP contribution in [0, 0.1) is 5.92 Å². The zero-order valence-electron chi connectivity index (χ0n) is 10.6. The first-order valence-corrected chi connectivity index (χ1v) is 8.99. The Balaban J connectivity index is 2.30. The van der Waals surface area contributed by atoms with E-state index in [0.29, 0.717) is 13.0 Å². The number of carboxylic acids is 1. The highest BCUT2D eigenvalue weighted by Gasteiger charge is 2.36. The highest BCUT2D eigenvalue weighted by molar-refractivity contribution is 9.11. The normalized spacial score (nSPS) is 22.1. The number of aliphatic hydroxyl groups excluding tert-OH is 1. The number of thiophene rings is 1. The van der Waals surface area contributed by atoms with Gasteiger partial charge in [0.2, 0.25) is 10.0 Å². The van der Waals surface area contributed by atoms with Crippen LogP contribution in [0.4, 0.5) is 0 Å². The molecule has 6 nitrogen and oxygen atoms in total. The summed E-state index contributed by atoms with van der Waals surface area (Å²) in [5.41, 5.74) is 0. The standard InChI is InChI=1S/C11H14BrNO5S2/c1-6(14)7-2-3-13(5-7)20(17,18)9-4-8(11(15)16)19-10(9)12/h4,6-7,14H,2-3,5H2,1H3,(H,15,16). The molecule has 20 heavy (non-hydrogen) atoms. The third-order valence-electron chi connectivity index (χ3n) is 3.35. The molecule has 0 amide bonds. The molecular formula is C11H14BrNO5S2. The van der Waals surface area contributed by atoms with Gasteiger partial charge in [-0.3, -0.25) is 0 Å². The topological polar surface area (TPSA) is 94.9 Å². The molecule has 0 aromatic carbocycles. The van der Waals surface area contributed by atoms with Crippen molar-refractivity contribution in [3.8, 4) is 0 Å². The molecule has 0 aliphatic carbocycles. The summed E-state index contributed by atoms with van der Waals surface area (Å²) in [6, 6.07) is 1.17. The van der Waals surface area contributed by atoms with E-state index in [1.165, 1.54) is 10.4 Å². The molecule has 2 heterocycles. The molecule has 0 saturated carbocycles. The van der Waals surface area contributed by atoms with Gasteiger partial charge < -0.3 is 10.2 Å². The van der Waals surface area contributed by atoms with Crippen molar-refractivity contribution in [3.05, 3.63) is 14.7 Å². The Morgan fingerprint density at radius 3 is 2.70 bits per heavy atom. The van der Waals surface area contributed by atoms with Crippen molar-refractivity contribution in [1.82, 2.24) is 4.31 Å². The third-order valence-corrected chi connectivity index (χ3v) is 7.46. The highest BCUT2D eigenvalue weighted by Crippen LogP contribution is 2.35. The fraction of sp³-hybridized carbons (Fsp3) is 0.545. The molecule has 2 atom stereocenters. The molecule has 0 spiro atoms. The Labute approximate surface area is 129 Å². The average molecular weight is 384 g/mol. The smallest absolute Gasteiger partial charge is 0.345 e. The lowest BCUT2D eigenvalue weighted by Gasteiger charge is -2.17. The number of aromatic carboxylic acids is 1. The number of carboxylic acid groups (broad SMARTS) is 1. The van der Waals surface area contributed by atoms with Crippen LogP contribution in [-0.2, 0) is 10.0 Å². The number of hydrogen-bond acceptors (Lipinski definition) is 5. The molecule has 2 rings (SSSR count). The van der Waals surface area contributed by atoms with Crippen LogP contribution in [-0.4, -0.2) is 48.1 Å². The zero-order chi connectivity index (χ0) is 15.1. The lowest BCUT2D eigenvalue weighted by molar-refractivity contribution is 0.0702. The molecule has 1 aromatic heterocycles. The van der Waals surface area contributed by atoms with Gasteiger partial charge >= 0.3 is 5.97 Å². The largest absolute Gasteiger partial charge is 0.477 e. The van der Waals surface area contributed by atoms with Crippen molar-refractivity contribution in [2.75, 3.05) is 13.1 Å². The van der Waals surface area contributed by atoms with Crippen LogP contribution in [0.3, 0.4) is 0 Å². The van der Waals surface area contributed by atoms with Gasteiger partial charge in [0.05, 0.1) is 9.89 Å². The summed E-state index contributed by atoms with van der Waals surface area (Å²) in [5.74, 6) is -1.23. The van der Waals surface area contributed by atoms with E-state index in [1.54, 1.807) is 6.92 Å². The van der Waals surface area contributed by atoms with Gasteiger partial charge in [-0.05, 0) is 41.3 Å². The molecular weight excluding hydrogens is 370 g/mol. The number of nitrogens with zero attached hydrogens (tertiary/aromatic N) is 1. The summed E-state index contributed by atoms with van der Waals surface area (Å²) < 4.78 is 26.6. The fourth-order valence-corrected chi connectivity index (χ4v) is 6.00. The van der Waals surface area contributed by atoms with Gasteiger partial charge in [0, 0.05) is 13.1 Å². The van der Waals surface area contributed by atoms with Crippen LogP contribution in [0.5, 0.6) is 0 Å². The monoisotopic (exact) mass is 383 g/mol. The summed E-state index contributed by atoms with van der Waals surface area (Å²) in [6.07, 6.45) is 0.0421. The second-order valence-electron chi connectivity index (χ2n) is 4.71. The van der Waals surface area contributed by atoms with E-state index in [-0.39, 0.29) is 26.0 Å². The molecule has 9 heteroatoms. The Morgan fingerprint density at radius 1 is 1.60 bits per heavy atom. The Bertz CT molecular complexity index is 625. The first-order valence-electron chi connectivity index (χ1n) is 5.94. The Morgan fingerprint density at radius 2 is 2.25 bits per heavy atom. The number of halogens is 1. The van der Waals surface area contributed by atoms with Gasteiger partial charge in [0.1, 0.15) is 9.77 Å². The SMILES string of the molecule is CC(O)C1CCN(S(=O)(=O)c2cc(C(=O)O)sc2Br)C1. The molecule has 1 aromatic rings. The zero-order valence-corrected chi connectivity index (χ0v) is 13.8. The van der Waals surface area contributed by atoms with Crippen LogP contribution in [0.1, 0.15) is 23.0 Å². The van der Waals surface area contributed by atoms with Gasteiger partial charge in [-0.2, -0.15) is 4.31 Å². The van der Waals surface area contributed by atoms with Crippen LogP contribution in [0.25, 0.3) is 0 Å². The van der Waals surface area contributed by atoms with Crippen molar-refractivity contribution in [1.29, 1.82) is 0 Å². The minimum absolute atomic E-state index is 0.0221. The summed E-state index contributed by atoms with van der Waals surface area (Å²) in [6.45, 7) is 2.23. The third kappa shape index (κ3) is 2.91. The van der Waals surface area contributed by atoms with Gasteiger partial charge in [0.25, 0.3) is 0 Å². The van der Waals surface area contributed by atoms with Crippen molar-refractivity contribution >= 4 is 43.3 Å². The summed E-state index contributed by atoms with van der Waals surface area (Å²) >= 11 is 3.99. The van der Waals surface area contributed by atoms with Crippen LogP contribution >= 0.6 is 27.3 Å². The van der Waals surface area contributed by atoms with E-state index in [2.05, 4.69) is 15.9 Å². The second-order valence-corrected chi connectivity index (χ2v) is 8.98. The molecule has 1 aliphatic rings. The Hall–Kier alpha value is -0.480. The first kappa shape index (κ1) is 15.9. The minimum Gasteiger partial charge on any atom is -0.477 e. The second kappa shape index (κ2) is 5.72. The summed E-state index contributed by atoms with van der Waals surface area (Å²) in [7, 11) is -3.73. The number of hydrogen-bond donors (Lipinski definition) is 2. The maximum absolute atomic E-state index is 12.5. The first-order chi connectivity index (χ1) is 9.23. The molecule has 2 N–H and O–H groups in total.